The molecule has 162 valence electrons. The Morgan fingerprint density at radius 2 is 1.93 bits per heavy atom. The molecular formula is C20H28N6O4. The van der Waals surface area contributed by atoms with Gasteiger partial charge >= 0.3 is 5.97 Å². The molecule has 3 heterocycles. The first-order chi connectivity index (χ1) is 14.2. The van der Waals surface area contributed by atoms with E-state index >= 15 is 0 Å². The number of aliphatic carboxylic acids is 1. The largest absolute Gasteiger partial charge is 0.481 e. The minimum Gasteiger partial charge on any atom is -0.481 e. The number of nitrogens with zero attached hydrogens (tertiary/aromatic N) is 5. The number of nitrogen functional groups attached to an aromatic ring is 1. The summed E-state index contributed by atoms with van der Waals surface area (Å²) < 4.78 is 1.76. The van der Waals surface area contributed by atoms with Gasteiger partial charge in [0.25, 0.3) is 0 Å². The van der Waals surface area contributed by atoms with Crippen molar-refractivity contribution in [3.05, 3.63) is 12.7 Å². The maximum Gasteiger partial charge on any atom is 0.303 e. The van der Waals surface area contributed by atoms with Crippen molar-refractivity contribution < 1.29 is 19.8 Å². The van der Waals surface area contributed by atoms with E-state index in [9.17, 15) is 19.8 Å². The van der Waals surface area contributed by atoms with E-state index in [-0.39, 0.29) is 24.6 Å². The predicted molar refractivity (Wildman–Crippen MR) is 108 cm³/mol. The van der Waals surface area contributed by atoms with E-state index in [1.54, 1.807) is 22.7 Å². The van der Waals surface area contributed by atoms with Crippen LogP contribution in [-0.2, 0) is 9.59 Å². The SMILES string of the molecule is C[C@@]1(O)CCN(C(=O)CC2(CC(=O)O)CCCC2)C[C@H]1n1cnc2c(N)ncnc21. The highest BCUT2D eigenvalue weighted by Crippen LogP contribution is 2.45. The summed E-state index contributed by atoms with van der Waals surface area (Å²) in [6.07, 6.45) is 7.03. The van der Waals surface area contributed by atoms with Crippen LogP contribution in [0, 0.1) is 5.41 Å². The molecule has 4 N–H and O–H groups in total. The second-order valence-electron chi connectivity index (χ2n) is 9.00. The molecule has 1 saturated carbocycles. The number of hydrogen-bond donors (Lipinski definition) is 3. The van der Waals surface area contributed by atoms with E-state index in [1.807, 2.05) is 0 Å². The Labute approximate surface area is 174 Å². The molecule has 2 aliphatic rings. The van der Waals surface area contributed by atoms with Crippen LogP contribution in [0.3, 0.4) is 0 Å². The molecule has 0 spiro atoms. The van der Waals surface area contributed by atoms with Gasteiger partial charge in [-0.25, -0.2) is 15.0 Å². The van der Waals surface area contributed by atoms with E-state index in [0.717, 1.165) is 25.7 Å². The van der Waals surface area contributed by atoms with Gasteiger partial charge in [0.1, 0.15) is 11.8 Å². The van der Waals surface area contributed by atoms with Gasteiger partial charge in [-0.15, -0.1) is 0 Å². The van der Waals surface area contributed by atoms with E-state index in [1.165, 1.54) is 6.33 Å². The molecule has 2 fully saturated rings. The summed E-state index contributed by atoms with van der Waals surface area (Å²) in [5, 5.41) is 20.4. The number of nitrogens with two attached hydrogens (primary N) is 1. The second kappa shape index (κ2) is 7.50. The summed E-state index contributed by atoms with van der Waals surface area (Å²) in [6, 6.07) is -0.450. The van der Waals surface area contributed by atoms with Crippen LogP contribution in [0.25, 0.3) is 11.2 Å². The minimum absolute atomic E-state index is 0.0239. The monoisotopic (exact) mass is 416 g/mol. The summed E-state index contributed by atoms with van der Waals surface area (Å²) in [6.45, 7) is 2.47. The van der Waals surface area contributed by atoms with Crippen molar-refractivity contribution in [2.45, 2.75) is 63.5 Å². The number of likely N-dealkylation sites (tertiary alicyclic amines) is 1. The fourth-order valence-electron chi connectivity index (χ4n) is 5.03. The molecule has 1 aliphatic carbocycles. The number of anilines is 1. The van der Waals surface area contributed by atoms with Crippen LogP contribution in [0.4, 0.5) is 5.82 Å². The highest BCUT2D eigenvalue weighted by Gasteiger charge is 2.44. The fraction of sp³-hybridized carbons (Fsp3) is 0.650. The van der Waals surface area contributed by atoms with Gasteiger partial charge in [0.05, 0.1) is 24.4 Å². The summed E-state index contributed by atoms with van der Waals surface area (Å²) in [5.41, 5.74) is 5.35. The molecule has 0 radical (unpaired) electrons. The van der Waals surface area contributed by atoms with Gasteiger partial charge in [-0.2, -0.15) is 0 Å². The maximum absolute atomic E-state index is 13.2. The van der Waals surface area contributed by atoms with Gasteiger partial charge in [0.15, 0.2) is 11.5 Å². The van der Waals surface area contributed by atoms with Crippen LogP contribution in [0.15, 0.2) is 12.7 Å². The lowest BCUT2D eigenvalue weighted by Gasteiger charge is -2.44. The molecule has 10 heteroatoms. The summed E-state index contributed by atoms with van der Waals surface area (Å²) >= 11 is 0. The average molecular weight is 416 g/mol. The molecule has 2 aromatic rings. The smallest absolute Gasteiger partial charge is 0.303 e. The van der Waals surface area contributed by atoms with Gasteiger partial charge in [0, 0.05) is 19.5 Å². The number of rotatable bonds is 5. The lowest BCUT2D eigenvalue weighted by Crippen LogP contribution is -2.53. The lowest BCUT2D eigenvalue weighted by molar-refractivity contribution is -0.143. The van der Waals surface area contributed by atoms with Gasteiger partial charge in [-0.3, -0.25) is 9.59 Å². The second-order valence-corrected chi connectivity index (χ2v) is 9.00. The fourth-order valence-corrected chi connectivity index (χ4v) is 5.03. The Morgan fingerprint density at radius 3 is 2.63 bits per heavy atom. The third-order valence-corrected chi connectivity index (χ3v) is 6.79. The Bertz CT molecular complexity index is 965. The Balaban J connectivity index is 1.57. The van der Waals surface area contributed by atoms with Crippen LogP contribution in [0.2, 0.25) is 0 Å². The van der Waals surface area contributed by atoms with E-state index in [2.05, 4.69) is 15.0 Å². The van der Waals surface area contributed by atoms with Crippen molar-refractivity contribution in [3.8, 4) is 0 Å². The highest BCUT2D eigenvalue weighted by molar-refractivity contribution is 5.81. The number of aromatic nitrogens is 4. The third-order valence-electron chi connectivity index (χ3n) is 6.79. The topological polar surface area (TPSA) is 147 Å². The number of fused-ring (bicyclic) bond motifs is 1. The van der Waals surface area contributed by atoms with Crippen LogP contribution >= 0.6 is 0 Å². The standard InChI is InChI=1S/C20H28N6O4/c1-19(30)6-7-25(14(27)8-20(9-15(28)29)4-2-3-5-20)10-13(19)26-12-24-16-17(21)22-11-23-18(16)26/h11-13,30H,2-10H2,1H3,(H,28,29)(H2,21,22,23)/t13-,19-/m1/s1. The van der Waals surface area contributed by atoms with Gasteiger partial charge < -0.3 is 25.4 Å². The van der Waals surface area contributed by atoms with Gasteiger partial charge in [-0.1, -0.05) is 12.8 Å². The van der Waals surface area contributed by atoms with Crippen LogP contribution in [0.1, 0.15) is 57.9 Å². The molecule has 4 rings (SSSR count). The first-order valence-electron chi connectivity index (χ1n) is 10.4. The molecule has 0 aromatic carbocycles. The Hall–Kier alpha value is -2.75. The van der Waals surface area contributed by atoms with Crippen molar-refractivity contribution in [2.24, 2.45) is 5.41 Å². The molecule has 1 saturated heterocycles. The molecule has 0 bridgehead atoms. The van der Waals surface area contributed by atoms with Crippen molar-refractivity contribution in [2.75, 3.05) is 18.8 Å². The molecular weight excluding hydrogens is 388 g/mol. The highest BCUT2D eigenvalue weighted by atomic mass is 16.4. The first-order valence-corrected chi connectivity index (χ1v) is 10.4. The van der Waals surface area contributed by atoms with Gasteiger partial charge in [0.2, 0.25) is 5.91 Å². The Morgan fingerprint density at radius 1 is 1.20 bits per heavy atom. The molecule has 10 nitrogen and oxygen atoms in total. The van der Waals surface area contributed by atoms with Gasteiger partial charge in [-0.05, 0) is 31.6 Å². The lowest BCUT2D eigenvalue weighted by atomic mass is 9.78. The van der Waals surface area contributed by atoms with Crippen molar-refractivity contribution in [1.82, 2.24) is 24.4 Å². The summed E-state index contributed by atoms with van der Waals surface area (Å²) in [4.78, 5) is 38.8. The molecule has 2 atom stereocenters. The van der Waals surface area contributed by atoms with E-state index in [4.69, 9.17) is 5.73 Å². The molecule has 1 aliphatic heterocycles. The van der Waals surface area contributed by atoms with E-state index < -0.39 is 23.0 Å². The Kier molecular flexibility index (Phi) is 5.13. The zero-order valence-corrected chi connectivity index (χ0v) is 17.1. The quantitative estimate of drug-likeness (QED) is 0.662. The molecule has 0 unspecified atom stereocenters. The predicted octanol–water partition coefficient (Wildman–Crippen LogP) is 1.36. The van der Waals surface area contributed by atoms with Crippen LogP contribution in [0.5, 0.6) is 0 Å². The summed E-state index contributed by atoms with van der Waals surface area (Å²) in [5.74, 6) is -0.650. The first kappa shape index (κ1) is 20.5. The molecule has 1 amide bonds. The number of amides is 1. The minimum atomic E-state index is -1.06. The van der Waals surface area contributed by atoms with Crippen LogP contribution in [-0.4, -0.2) is 65.2 Å². The number of carboxylic acids is 1. The van der Waals surface area contributed by atoms with Crippen molar-refractivity contribution in [3.63, 3.8) is 0 Å². The zero-order chi connectivity index (χ0) is 21.5. The number of carbonyl (C=O) groups excluding carboxylic acids is 1. The van der Waals surface area contributed by atoms with Crippen molar-refractivity contribution >= 4 is 28.9 Å². The third kappa shape index (κ3) is 3.71. The molecule has 2 aromatic heterocycles. The maximum atomic E-state index is 13.2. The number of hydrogen-bond acceptors (Lipinski definition) is 7. The van der Waals surface area contributed by atoms with Crippen molar-refractivity contribution in [1.29, 1.82) is 0 Å². The number of carboxylic acid groups (broad SMARTS) is 1. The average Bonchev–Trinajstić information content (AvgIpc) is 3.29. The number of aliphatic hydroxyl groups is 1. The zero-order valence-electron chi connectivity index (χ0n) is 17.1. The molecule has 30 heavy (non-hydrogen) atoms. The number of carbonyl (C=O) groups is 2. The normalized spacial score (nSPS) is 26.2. The summed E-state index contributed by atoms with van der Waals surface area (Å²) in [7, 11) is 0. The van der Waals surface area contributed by atoms with E-state index in [0.29, 0.717) is 30.7 Å². The van der Waals surface area contributed by atoms with Crippen LogP contribution < -0.4 is 5.73 Å². The number of imidazole rings is 1. The number of piperidine rings is 1.